The van der Waals surface area contributed by atoms with Gasteiger partial charge in [0.15, 0.2) is 4.96 Å². The van der Waals surface area contributed by atoms with Crippen LogP contribution in [0.25, 0.3) is 27.6 Å². The zero-order valence-corrected chi connectivity index (χ0v) is 19.9. The molecule has 33 heavy (non-hydrogen) atoms. The van der Waals surface area contributed by atoms with Crippen molar-refractivity contribution < 1.29 is 13.2 Å². The Hall–Kier alpha value is -3.02. The quantitative estimate of drug-likeness (QED) is 0.448. The second-order valence-corrected chi connectivity index (χ2v) is 10.8. The van der Waals surface area contributed by atoms with Crippen molar-refractivity contribution in [2.45, 2.75) is 18.9 Å². The average molecular weight is 485 g/mol. The highest BCUT2D eigenvalue weighted by molar-refractivity contribution is 7.88. The maximum atomic E-state index is 12.0. The Balaban J connectivity index is 1.50. The maximum Gasteiger partial charge on any atom is 0.223 e. The largest absolute Gasteiger partial charge is 0.497 e. The first-order valence-electron chi connectivity index (χ1n) is 10.6. The van der Waals surface area contributed by atoms with E-state index in [9.17, 15) is 8.42 Å². The Labute approximate surface area is 196 Å². The van der Waals surface area contributed by atoms with Crippen LogP contribution in [-0.4, -0.2) is 64.6 Å². The van der Waals surface area contributed by atoms with Crippen LogP contribution in [0.3, 0.4) is 0 Å². The molecule has 1 atom stereocenters. The van der Waals surface area contributed by atoms with Crippen molar-refractivity contribution >= 4 is 32.3 Å². The average Bonchev–Trinajstić information content (AvgIpc) is 3.40. The van der Waals surface area contributed by atoms with Crippen molar-refractivity contribution in [2.24, 2.45) is 0 Å². The van der Waals surface area contributed by atoms with Crippen molar-refractivity contribution in [1.29, 1.82) is 0 Å². The Bertz CT molecular complexity index is 1400. The van der Waals surface area contributed by atoms with Crippen LogP contribution in [0, 0.1) is 0 Å². The van der Waals surface area contributed by atoms with Gasteiger partial charge in [0.1, 0.15) is 11.4 Å². The first-order valence-corrected chi connectivity index (χ1v) is 13.3. The standard InChI is InChI=1S/C22H24N6O3S2/c1-31-17-7-3-5-15(13-17)19-20(28-11-12-32-22(28)26-19)18-8-9-23-21(25-18)24-16-6-4-10-27(14-16)33(2,29)30/h3,5,7-9,11-13,16H,4,6,10,14H2,1-2H3,(H,23,24,25)/t16-/m1/s1. The molecule has 0 aliphatic carbocycles. The molecule has 0 bridgehead atoms. The van der Waals surface area contributed by atoms with E-state index < -0.39 is 10.0 Å². The van der Waals surface area contributed by atoms with Gasteiger partial charge in [-0.15, -0.1) is 11.3 Å². The second-order valence-electron chi connectivity index (χ2n) is 7.97. The normalized spacial score (nSPS) is 17.3. The van der Waals surface area contributed by atoms with Gasteiger partial charge in [0.25, 0.3) is 0 Å². The van der Waals surface area contributed by atoms with E-state index in [0.717, 1.165) is 46.2 Å². The highest BCUT2D eigenvalue weighted by atomic mass is 32.2. The van der Waals surface area contributed by atoms with Crippen molar-refractivity contribution in [3.8, 4) is 28.4 Å². The van der Waals surface area contributed by atoms with Crippen molar-refractivity contribution in [3.05, 3.63) is 48.1 Å². The number of methoxy groups -OCH3 is 1. The number of ether oxygens (including phenoxy) is 1. The smallest absolute Gasteiger partial charge is 0.223 e. The van der Waals surface area contributed by atoms with Gasteiger partial charge in [-0.1, -0.05) is 12.1 Å². The number of thiazole rings is 1. The van der Waals surface area contributed by atoms with Crippen LogP contribution in [0.2, 0.25) is 0 Å². The molecule has 0 radical (unpaired) electrons. The molecule has 0 spiro atoms. The van der Waals surface area contributed by atoms with Gasteiger partial charge in [-0.25, -0.2) is 27.7 Å². The van der Waals surface area contributed by atoms with E-state index in [-0.39, 0.29) is 6.04 Å². The third-order valence-corrected chi connectivity index (χ3v) is 7.72. The number of benzene rings is 1. The molecule has 1 N–H and O–H groups in total. The minimum Gasteiger partial charge on any atom is -0.497 e. The Morgan fingerprint density at radius 2 is 2.12 bits per heavy atom. The number of rotatable bonds is 6. The molecule has 11 heteroatoms. The molecule has 3 aromatic heterocycles. The number of imidazole rings is 1. The van der Waals surface area contributed by atoms with Gasteiger partial charge in [0.2, 0.25) is 16.0 Å². The molecule has 4 heterocycles. The molecule has 9 nitrogen and oxygen atoms in total. The van der Waals surface area contributed by atoms with Crippen molar-refractivity contribution in [2.75, 3.05) is 31.8 Å². The van der Waals surface area contributed by atoms with E-state index in [0.29, 0.717) is 19.0 Å². The molecular weight excluding hydrogens is 460 g/mol. The third-order valence-electron chi connectivity index (χ3n) is 5.69. The molecule has 1 aliphatic heterocycles. The SMILES string of the molecule is COc1cccc(-c2nc3sccn3c2-c2ccnc(N[C@@H]3CCCN(S(C)(=O)=O)C3)n2)c1. The minimum absolute atomic E-state index is 0.0480. The molecule has 1 saturated heterocycles. The Morgan fingerprint density at radius 3 is 2.94 bits per heavy atom. The fourth-order valence-corrected chi connectivity index (χ4v) is 5.73. The van der Waals surface area contributed by atoms with E-state index in [2.05, 4.69) is 10.3 Å². The van der Waals surface area contributed by atoms with Gasteiger partial charge in [-0.2, -0.15) is 0 Å². The number of nitrogens with zero attached hydrogens (tertiary/aromatic N) is 5. The number of piperidine rings is 1. The lowest BCUT2D eigenvalue weighted by molar-refractivity contribution is 0.328. The van der Waals surface area contributed by atoms with Crippen LogP contribution in [-0.2, 0) is 10.0 Å². The summed E-state index contributed by atoms with van der Waals surface area (Å²) < 4.78 is 32.8. The summed E-state index contributed by atoms with van der Waals surface area (Å²) >= 11 is 1.56. The van der Waals surface area contributed by atoms with Gasteiger partial charge in [-0.3, -0.25) is 4.40 Å². The first-order chi connectivity index (χ1) is 15.9. The van der Waals surface area contributed by atoms with E-state index in [1.165, 1.54) is 10.6 Å². The van der Waals surface area contributed by atoms with Crippen LogP contribution in [0.4, 0.5) is 5.95 Å². The van der Waals surface area contributed by atoms with E-state index in [1.54, 1.807) is 24.6 Å². The molecule has 1 aliphatic rings. The molecule has 4 aromatic rings. The monoisotopic (exact) mass is 484 g/mol. The van der Waals surface area contributed by atoms with Crippen molar-refractivity contribution in [3.63, 3.8) is 0 Å². The predicted octanol–water partition coefficient (Wildman–Crippen LogP) is 3.36. The number of hydrogen-bond donors (Lipinski definition) is 1. The number of anilines is 1. The zero-order valence-electron chi connectivity index (χ0n) is 18.3. The number of nitrogens with one attached hydrogen (secondary N) is 1. The first kappa shape index (κ1) is 21.8. The summed E-state index contributed by atoms with van der Waals surface area (Å²) in [5.41, 5.74) is 3.34. The predicted molar refractivity (Wildman–Crippen MR) is 129 cm³/mol. The molecule has 0 saturated carbocycles. The summed E-state index contributed by atoms with van der Waals surface area (Å²) in [5.74, 6) is 1.22. The summed E-state index contributed by atoms with van der Waals surface area (Å²) in [4.78, 5) is 14.9. The summed E-state index contributed by atoms with van der Waals surface area (Å²) in [5, 5.41) is 5.32. The molecule has 1 aromatic carbocycles. The zero-order chi connectivity index (χ0) is 23.0. The fraction of sp³-hybridized carbons (Fsp3) is 0.318. The van der Waals surface area contributed by atoms with Gasteiger partial charge >= 0.3 is 0 Å². The summed E-state index contributed by atoms with van der Waals surface area (Å²) in [7, 11) is -1.58. The molecule has 0 amide bonds. The summed E-state index contributed by atoms with van der Waals surface area (Å²) in [6, 6.07) is 9.61. The number of hydrogen-bond acceptors (Lipinski definition) is 8. The highest BCUT2D eigenvalue weighted by Crippen LogP contribution is 2.35. The minimum atomic E-state index is -3.22. The van der Waals surface area contributed by atoms with Crippen LogP contribution in [0.15, 0.2) is 48.1 Å². The summed E-state index contributed by atoms with van der Waals surface area (Å²) in [6.45, 7) is 0.955. The lowest BCUT2D eigenvalue weighted by Gasteiger charge is -2.31. The number of aromatic nitrogens is 4. The fourth-order valence-electron chi connectivity index (χ4n) is 4.11. The van der Waals surface area contributed by atoms with Gasteiger partial charge in [-0.05, 0) is 31.0 Å². The van der Waals surface area contributed by atoms with Gasteiger partial charge in [0.05, 0.1) is 24.8 Å². The van der Waals surface area contributed by atoms with E-state index in [4.69, 9.17) is 14.7 Å². The van der Waals surface area contributed by atoms with Gasteiger partial charge < -0.3 is 10.1 Å². The summed E-state index contributed by atoms with van der Waals surface area (Å²) in [6.07, 6.45) is 6.59. The molecule has 1 fully saturated rings. The van der Waals surface area contributed by atoms with E-state index >= 15 is 0 Å². The number of sulfonamides is 1. The Morgan fingerprint density at radius 1 is 1.24 bits per heavy atom. The lowest BCUT2D eigenvalue weighted by Crippen LogP contribution is -2.44. The van der Waals surface area contributed by atoms with Crippen LogP contribution in [0.1, 0.15) is 12.8 Å². The molecule has 5 rings (SSSR count). The third kappa shape index (κ3) is 4.43. The molecule has 172 valence electrons. The van der Waals surface area contributed by atoms with Crippen molar-refractivity contribution in [1.82, 2.24) is 23.7 Å². The molecular formula is C22H24N6O3S2. The maximum absolute atomic E-state index is 12.0. The van der Waals surface area contributed by atoms with Crippen LogP contribution < -0.4 is 10.1 Å². The lowest BCUT2D eigenvalue weighted by atomic mass is 10.1. The van der Waals surface area contributed by atoms with Gasteiger partial charge in [0, 0.05) is 42.5 Å². The van der Waals surface area contributed by atoms with E-state index in [1.807, 2.05) is 46.3 Å². The molecule has 0 unspecified atom stereocenters. The topological polar surface area (TPSA) is 102 Å². The van der Waals surface area contributed by atoms with Crippen LogP contribution >= 0.6 is 11.3 Å². The second kappa shape index (κ2) is 8.73. The van der Waals surface area contributed by atoms with Crippen LogP contribution in [0.5, 0.6) is 5.75 Å². The Kier molecular flexibility index (Phi) is 5.77. The number of fused-ring (bicyclic) bond motifs is 1. The highest BCUT2D eigenvalue weighted by Gasteiger charge is 2.26.